The Morgan fingerprint density at radius 1 is 1.54 bits per heavy atom. The molecule has 0 aliphatic rings. The van der Waals surface area contributed by atoms with Crippen molar-refractivity contribution < 1.29 is 9.90 Å². The quantitative estimate of drug-likeness (QED) is 0.649. The fraction of sp³-hybridized carbons (Fsp3) is 0.412. The van der Waals surface area contributed by atoms with Gasteiger partial charge in [0.2, 0.25) is 0 Å². The highest BCUT2D eigenvalue weighted by Gasteiger charge is 2.22. The predicted octanol–water partition coefficient (Wildman–Crippen LogP) is 3.67. The molecule has 0 spiro atoms. The van der Waals surface area contributed by atoms with E-state index in [1.807, 2.05) is 30.6 Å². The van der Waals surface area contributed by atoms with Crippen LogP contribution in [0, 0.1) is 12.8 Å². The van der Waals surface area contributed by atoms with Gasteiger partial charge < -0.3 is 21.1 Å². The first kappa shape index (κ1) is 18.3. The Morgan fingerprint density at radius 2 is 2.21 bits per heavy atom. The molecule has 0 saturated carbocycles. The third-order valence-electron chi connectivity index (χ3n) is 4.06. The Morgan fingerprint density at radius 3 is 2.79 bits per heavy atom. The van der Waals surface area contributed by atoms with Crippen LogP contribution >= 0.6 is 15.9 Å². The normalized spacial score (nSPS) is 13.4. The molecule has 2 aromatic heterocycles. The minimum atomic E-state index is -0.565. The smallest absolute Gasteiger partial charge is 0.253 e. The van der Waals surface area contributed by atoms with Crippen LogP contribution in [-0.2, 0) is 6.54 Å². The molecule has 24 heavy (non-hydrogen) atoms. The minimum Gasteiger partial charge on any atom is -0.513 e. The number of nitrogens with zero attached hydrogens (tertiary/aromatic N) is 2. The summed E-state index contributed by atoms with van der Waals surface area (Å²) < 4.78 is 2.63. The van der Waals surface area contributed by atoms with Gasteiger partial charge >= 0.3 is 0 Å². The number of carbonyl (C=O) groups is 1. The highest BCUT2D eigenvalue weighted by molar-refractivity contribution is 9.10. The maximum absolute atomic E-state index is 11.8. The largest absolute Gasteiger partial charge is 0.513 e. The SMILES string of the molecule is CC/C(O)=C\C[C@@H](C)Cn1c(N)c(C(N)=O)c2cc(Br)c(C)nc21. The number of fused-ring (bicyclic) bond motifs is 1. The second-order valence-electron chi connectivity index (χ2n) is 6.05. The molecule has 6 nitrogen and oxygen atoms in total. The number of carbonyl (C=O) groups excluding carboxylic acids is 1. The van der Waals surface area contributed by atoms with Crippen LogP contribution in [0.25, 0.3) is 11.0 Å². The number of hydrogen-bond donors (Lipinski definition) is 3. The number of aryl methyl sites for hydroxylation is 1. The average molecular weight is 395 g/mol. The van der Waals surface area contributed by atoms with E-state index in [1.54, 1.807) is 0 Å². The number of hydrogen-bond acceptors (Lipinski definition) is 4. The number of aliphatic hydroxyl groups is 1. The lowest BCUT2D eigenvalue weighted by Crippen LogP contribution is -2.15. The first-order chi connectivity index (χ1) is 11.3. The summed E-state index contributed by atoms with van der Waals surface area (Å²) >= 11 is 3.43. The Kier molecular flexibility index (Phi) is 5.54. The van der Waals surface area contributed by atoms with E-state index in [1.165, 1.54) is 0 Å². The minimum absolute atomic E-state index is 0.211. The molecule has 0 radical (unpaired) electrons. The molecule has 2 aromatic rings. The van der Waals surface area contributed by atoms with Crippen molar-refractivity contribution in [3.63, 3.8) is 0 Å². The van der Waals surface area contributed by atoms with Crippen molar-refractivity contribution in [2.24, 2.45) is 11.7 Å². The molecule has 0 bridgehead atoms. The Labute approximate surface area is 149 Å². The summed E-state index contributed by atoms with van der Waals surface area (Å²) in [5.74, 6) is 0.356. The molecule has 0 fully saturated rings. The zero-order valence-electron chi connectivity index (χ0n) is 14.1. The van der Waals surface area contributed by atoms with E-state index in [9.17, 15) is 9.90 Å². The second kappa shape index (κ2) is 7.25. The number of rotatable bonds is 6. The molecular formula is C17H23BrN4O2. The van der Waals surface area contributed by atoms with Gasteiger partial charge in [-0.25, -0.2) is 4.98 Å². The van der Waals surface area contributed by atoms with Gasteiger partial charge in [0.05, 0.1) is 17.0 Å². The molecule has 130 valence electrons. The molecule has 7 heteroatoms. The van der Waals surface area contributed by atoms with Crippen LogP contribution in [0.5, 0.6) is 0 Å². The number of allylic oxidation sites excluding steroid dienone is 2. The van der Waals surface area contributed by atoms with Crippen molar-refractivity contribution in [1.29, 1.82) is 0 Å². The lowest BCUT2D eigenvalue weighted by Gasteiger charge is -2.13. The summed E-state index contributed by atoms with van der Waals surface area (Å²) in [6, 6.07) is 1.83. The summed E-state index contributed by atoms with van der Waals surface area (Å²) in [4.78, 5) is 16.4. The lowest BCUT2D eigenvalue weighted by atomic mass is 10.1. The zero-order valence-corrected chi connectivity index (χ0v) is 15.7. The van der Waals surface area contributed by atoms with Crippen LogP contribution in [-0.4, -0.2) is 20.6 Å². The molecule has 0 aromatic carbocycles. The second-order valence-corrected chi connectivity index (χ2v) is 6.91. The number of amides is 1. The highest BCUT2D eigenvalue weighted by atomic mass is 79.9. The molecule has 2 rings (SSSR count). The van der Waals surface area contributed by atoms with Crippen LogP contribution in [0.3, 0.4) is 0 Å². The van der Waals surface area contributed by atoms with Gasteiger partial charge in [-0.1, -0.05) is 13.8 Å². The van der Waals surface area contributed by atoms with Gasteiger partial charge in [0.25, 0.3) is 5.91 Å². The first-order valence-electron chi connectivity index (χ1n) is 7.88. The fourth-order valence-electron chi connectivity index (χ4n) is 2.66. The standard InChI is InChI=1S/C17H23BrN4O2/c1-4-11(23)6-5-9(2)8-22-15(19)14(16(20)24)12-7-13(18)10(3)21-17(12)22/h6-7,9,23H,4-5,8,19H2,1-3H3,(H2,20,24)/b11-6+/t9-/m1/s1. The zero-order chi connectivity index (χ0) is 18.0. The van der Waals surface area contributed by atoms with Crippen LogP contribution in [0.15, 0.2) is 22.4 Å². The molecule has 1 amide bonds. The summed E-state index contributed by atoms with van der Waals surface area (Å²) in [6.45, 7) is 6.42. The monoisotopic (exact) mass is 394 g/mol. The van der Waals surface area contributed by atoms with Crippen LogP contribution in [0.4, 0.5) is 5.82 Å². The van der Waals surface area contributed by atoms with Gasteiger partial charge in [-0.15, -0.1) is 0 Å². The number of aliphatic hydroxyl groups excluding tert-OH is 1. The van der Waals surface area contributed by atoms with E-state index in [2.05, 4.69) is 27.8 Å². The predicted molar refractivity (Wildman–Crippen MR) is 99.9 cm³/mol. The number of primary amides is 1. The maximum Gasteiger partial charge on any atom is 0.253 e. The van der Waals surface area contributed by atoms with Gasteiger partial charge in [0.15, 0.2) is 0 Å². The molecule has 0 saturated heterocycles. The van der Waals surface area contributed by atoms with Gasteiger partial charge in [-0.05, 0) is 47.3 Å². The summed E-state index contributed by atoms with van der Waals surface area (Å²) in [5, 5.41) is 10.2. The lowest BCUT2D eigenvalue weighted by molar-refractivity contribution is 0.100. The summed E-state index contributed by atoms with van der Waals surface area (Å²) in [5.41, 5.74) is 13.5. The van der Waals surface area contributed by atoms with Crippen molar-refractivity contribution in [2.45, 2.75) is 40.2 Å². The average Bonchev–Trinajstić information content (AvgIpc) is 2.77. The van der Waals surface area contributed by atoms with Crippen molar-refractivity contribution in [3.8, 4) is 0 Å². The van der Waals surface area contributed by atoms with Crippen molar-refractivity contribution >= 4 is 38.7 Å². The number of anilines is 1. The number of nitrogens with two attached hydrogens (primary N) is 2. The van der Waals surface area contributed by atoms with Gasteiger partial charge in [-0.2, -0.15) is 0 Å². The molecule has 0 unspecified atom stereocenters. The van der Waals surface area contributed by atoms with E-state index in [0.29, 0.717) is 47.6 Å². The maximum atomic E-state index is 11.8. The molecule has 1 atom stereocenters. The summed E-state index contributed by atoms with van der Waals surface area (Å²) in [7, 11) is 0. The van der Waals surface area contributed by atoms with Crippen molar-refractivity contribution in [3.05, 3.63) is 33.6 Å². The molecule has 0 aliphatic carbocycles. The van der Waals surface area contributed by atoms with E-state index in [0.717, 1.165) is 10.2 Å². The topological polar surface area (TPSA) is 107 Å². The molecule has 0 aliphatic heterocycles. The third-order valence-corrected chi connectivity index (χ3v) is 4.86. The van der Waals surface area contributed by atoms with Gasteiger partial charge in [0.1, 0.15) is 11.5 Å². The fourth-order valence-corrected chi connectivity index (χ4v) is 2.97. The van der Waals surface area contributed by atoms with Crippen molar-refractivity contribution in [2.75, 3.05) is 5.73 Å². The number of aromatic nitrogens is 2. The number of pyridine rings is 1. The number of halogens is 1. The molecular weight excluding hydrogens is 372 g/mol. The van der Waals surface area contributed by atoms with E-state index in [-0.39, 0.29) is 5.92 Å². The highest BCUT2D eigenvalue weighted by Crippen LogP contribution is 2.31. The Balaban J connectivity index is 2.48. The van der Waals surface area contributed by atoms with Gasteiger partial charge in [-0.3, -0.25) is 4.79 Å². The van der Waals surface area contributed by atoms with Crippen LogP contribution in [0.1, 0.15) is 42.7 Å². The van der Waals surface area contributed by atoms with Gasteiger partial charge in [0, 0.05) is 22.8 Å². The Bertz CT molecular complexity index is 811. The van der Waals surface area contributed by atoms with Crippen molar-refractivity contribution in [1.82, 2.24) is 9.55 Å². The van der Waals surface area contributed by atoms with Crippen LogP contribution < -0.4 is 11.5 Å². The third kappa shape index (κ3) is 3.56. The van der Waals surface area contributed by atoms with E-state index < -0.39 is 5.91 Å². The number of nitrogen functional groups attached to an aromatic ring is 1. The Hall–Kier alpha value is -2.02. The van der Waals surface area contributed by atoms with E-state index in [4.69, 9.17) is 11.5 Å². The van der Waals surface area contributed by atoms with E-state index >= 15 is 0 Å². The molecule has 5 N–H and O–H groups in total. The van der Waals surface area contributed by atoms with Crippen LogP contribution in [0.2, 0.25) is 0 Å². The first-order valence-corrected chi connectivity index (χ1v) is 8.68. The summed E-state index contributed by atoms with van der Waals surface area (Å²) in [6.07, 6.45) is 3.14. The molecule has 2 heterocycles.